The first kappa shape index (κ1) is 16.9. The lowest BCUT2D eigenvalue weighted by atomic mass is 10.2. The molecule has 3 nitrogen and oxygen atoms in total. The van der Waals surface area contributed by atoms with E-state index in [9.17, 15) is 4.79 Å². The molecule has 1 aromatic heterocycles. The molecule has 0 radical (unpaired) electrons. The van der Waals surface area contributed by atoms with Crippen molar-refractivity contribution in [2.75, 3.05) is 11.4 Å². The van der Waals surface area contributed by atoms with Crippen molar-refractivity contribution in [3.8, 4) is 0 Å². The Morgan fingerprint density at radius 2 is 1.92 bits per heavy atom. The highest BCUT2D eigenvalue weighted by Gasteiger charge is 2.27. The number of carbonyl (C=O) groups is 1. The lowest BCUT2D eigenvalue weighted by molar-refractivity contribution is 0.0986. The van der Waals surface area contributed by atoms with Gasteiger partial charge < -0.3 is 4.90 Å². The molecule has 0 aliphatic carbocycles. The number of hydrogen-bond acceptors (Lipinski definition) is 3. The molecule has 4 heteroatoms. The molecule has 1 aliphatic rings. The number of aryl methyl sites for hydroxylation is 2. The highest BCUT2D eigenvalue weighted by Crippen LogP contribution is 2.34. The van der Waals surface area contributed by atoms with Crippen LogP contribution in [-0.4, -0.2) is 17.4 Å². The first-order valence-corrected chi connectivity index (χ1v) is 9.55. The zero-order valence-electron chi connectivity index (χ0n) is 14.9. The normalized spacial score (nSPS) is 12.9. The zero-order valence-corrected chi connectivity index (χ0v) is 15.7. The molecule has 26 heavy (non-hydrogen) atoms. The van der Waals surface area contributed by atoms with E-state index in [-0.39, 0.29) is 5.91 Å². The maximum absolute atomic E-state index is 13.2. The summed E-state index contributed by atoms with van der Waals surface area (Å²) in [5, 5.41) is 0.758. The van der Waals surface area contributed by atoms with Gasteiger partial charge in [0.1, 0.15) is 5.03 Å². The molecule has 130 valence electrons. The van der Waals surface area contributed by atoms with Crippen LogP contribution in [0, 0.1) is 13.8 Å². The number of rotatable bonds is 3. The van der Waals surface area contributed by atoms with E-state index in [0.29, 0.717) is 5.56 Å². The van der Waals surface area contributed by atoms with Gasteiger partial charge in [-0.1, -0.05) is 47.7 Å². The third-order valence-corrected chi connectivity index (χ3v) is 5.87. The Kier molecular flexibility index (Phi) is 4.51. The molecular weight excluding hydrogens is 340 g/mol. The topological polar surface area (TPSA) is 33.2 Å². The maximum Gasteiger partial charge on any atom is 0.261 e. The van der Waals surface area contributed by atoms with Crippen LogP contribution in [0.2, 0.25) is 0 Å². The molecule has 0 N–H and O–H groups in total. The molecule has 0 saturated heterocycles. The minimum Gasteiger partial charge on any atom is -0.308 e. The number of nitrogens with zero attached hydrogens (tertiary/aromatic N) is 2. The third kappa shape index (κ3) is 3.13. The molecule has 1 amide bonds. The first-order chi connectivity index (χ1) is 12.6. The molecule has 0 spiro atoms. The highest BCUT2D eigenvalue weighted by atomic mass is 32.2. The molecule has 2 heterocycles. The van der Waals surface area contributed by atoms with Gasteiger partial charge in [0, 0.05) is 23.3 Å². The number of carbonyl (C=O) groups excluding carboxylic acids is 1. The lowest BCUT2D eigenvalue weighted by Gasteiger charge is -2.19. The first-order valence-electron chi connectivity index (χ1n) is 8.73. The van der Waals surface area contributed by atoms with Crippen LogP contribution >= 0.6 is 11.8 Å². The van der Waals surface area contributed by atoms with E-state index in [1.165, 1.54) is 16.7 Å². The summed E-state index contributed by atoms with van der Waals surface area (Å²) in [4.78, 5) is 20.7. The summed E-state index contributed by atoms with van der Waals surface area (Å²) in [5.41, 5.74) is 5.34. The second-order valence-electron chi connectivity index (χ2n) is 6.56. The Balaban J connectivity index is 1.67. The van der Waals surface area contributed by atoms with Gasteiger partial charge in [0.15, 0.2) is 0 Å². The average molecular weight is 360 g/mol. The van der Waals surface area contributed by atoms with Gasteiger partial charge in [0.25, 0.3) is 5.91 Å². The largest absolute Gasteiger partial charge is 0.308 e. The van der Waals surface area contributed by atoms with Gasteiger partial charge in [-0.15, -0.1) is 0 Å². The number of para-hydroxylation sites is 1. The second kappa shape index (κ2) is 6.96. The van der Waals surface area contributed by atoms with Gasteiger partial charge in [-0.25, -0.2) is 4.98 Å². The minimum atomic E-state index is 0.0234. The van der Waals surface area contributed by atoms with Crippen LogP contribution in [0.4, 0.5) is 5.69 Å². The van der Waals surface area contributed by atoms with Crippen molar-refractivity contribution in [3.63, 3.8) is 0 Å². The summed E-state index contributed by atoms with van der Waals surface area (Å²) in [6.45, 7) is 4.90. The number of benzene rings is 2. The number of fused-ring (bicyclic) bond motifs is 1. The standard InChI is InChI=1S/C22H20N2OS/c1-15-9-10-20(16(2)14-15)26-21-18(7-5-12-23-21)22(25)24-13-11-17-6-3-4-8-19(17)24/h3-10,12,14H,11,13H2,1-2H3. The fourth-order valence-corrected chi connectivity index (χ4v) is 4.29. The Morgan fingerprint density at radius 1 is 1.08 bits per heavy atom. The Hall–Kier alpha value is -2.59. The van der Waals surface area contributed by atoms with Crippen molar-refractivity contribution in [2.24, 2.45) is 0 Å². The van der Waals surface area contributed by atoms with E-state index in [4.69, 9.17) is 0 Å². The van der Waals surface area contributed by atoms with Crippen molar-refractivity contribution in [3.05, 3.63) is 83.0 Å². The van der Waals surface area contributed by atoms with Gasteiger partial charge in [-0.2, -0.15) is 0 Å². The Morgan fingerprint density at radius 3 is 2.77 bits per heavy atom. The minimum absolute atomic E-state index is 0.0234. The van der Waals surface area contributed by atoms with E-state index in [1.807, 2.05) is 35.2 Å². The molecule has 0 unspecified atom stereocenters. The fraction of sp³-hybridized carbons (Fsp3) is 0.182. The molecule has 2 aromatic carbocycles. The van der Waals surface area contributed by atoms with E-state index >= 15 is 0 Å². The summed E-state index contributed by atoms with van der Waals surface area (Å²) >= 11 is 1.56. The maximum atomic E-state index is 13.2. The smallest absolute Gasteiger partial charge is 0.261 e. The van der Waals surface area contributed by atoms with Gasteiger partial charge >= 0.3 is 0 Å². The van der Waals surface area contributed by atoms with E-state index in [1.54, 1.807) is 18.0 Å². The molecule has 0 fully saturated rings. The van der Waals surface area contributed by atoms with Gasteiger partial charge in [0.05, 0.1) is 5.56 Å². The number of pyridine rings is 1. The van der Waals surface area contributed by atoms with Crippen LogP contribution < -0.4 is 4.90 Å². The summed E-state index contributed by atoms with van der Waals surface area (Å²) in [7, 11) is 0. The molecule has 3 aromatic rings. The number of anilines is 1. The van der Waals surface area contributed by atoms with Gasteiger partial charge in [0.2, 0.25) is 0 Å². The SMILES string of the molecule is Cc1ccc(Sc2ncccc2C(=O)N2CCc3ccccc32)c(C)c1. The monoisotopic (exact) mass is 360 g/mol. The average Bonchev–Trinajstić information content (AvgIpc) is 3.08. The number of amides is 1. The third-order valence-electron chi connectivity index (χ3n) is 4.67. The van der Waals surface area contributed by atoms with Crippen molar-refractivity contribution >= 4 is 23.4 Å². The summed E-state index contributed by atoms with van der Waals surface area (Å²) < 4.78 is 0. The van der Waals surface area contributed by atoms with Crippen LogP contribution in [0.3, 0.4) is 0 Å². The van der Waals surface area contributed by atoms with Crippen molar-refractivity contribution in [1.82, 2.24) is 4.98 Å². The second-order valence-corrected chi connectivity index (χ2v) is 7.59. The molecular formula is C22H20N2OS. The zero-order chi connectivity index (χ0) is 18.1. The number of hydrogen-bond donors (Lipinski definition) is 0. The van der Waals surface area contributed by atoms with Crippen LogP contribution in [0.5, 0.6) is 0 Å². The van der Waals surface area contributed by atoms with Gasteiger partial charge in [-0.3, -0.25) is 4.79 Å². The Bertz CT molecular complexity index is 983. The molecule has 0 atom stereocenters. The predicted molar refractivity (Wildman–Crippen MR) is 106 cm³/mol. The van der Waals surface area contributed by atoms with Crippen molar-refractivity contribution in [2.45, 2.75) is 30.2 Å². The van der Waals surface area contributed by atoms with Crippen molar-refractivity contribution < 1.29 is 4.79 Å². The molecule has 0 saturated carbocycles. The fourth-order valence-electron chi connectivity index (χ4n) is 3.35. The summed E-state index contributed by atoms with van der Waals surface area (Å²) in [6, 6.07) is 18.2. The van der Waals surface area contributed by atoms with E-state index in [2.05, 4.69) is 43.1 Å². The quantitative estimate of drug-likeness (QED) is 0.655. The van der Waals surface area contributed by atoms with Gasteiger partial charge in [-0.05, 0) is 55.7 Å². The van der Waals surface area contributed by atoms with E-state index < -0.39 is 0 Å². The van der Waals surface area contributed by atoms with Crippen LogP contribution in [0.25, 0.3) is 0 Å². The number of aromatic nitrogens is 1. The lowest BCUT2D eigenvalue weighted by Crippen LogP contribution is -2.29. The van der Waals surface area contributed by atoms with E-state index in [0.717, 1.165) is 28.6 Å². The molecule has 4 rings (SSSR count). The Labute approximate surface area is 158 Å². The van der Waals surface area contributed by atoms with Crippen molar-refractivity contribution in [1.29, 1.82) is 0 Å². The van der Waals surface area contributed by atoms with Crippen LogP contribution in [0.15, 0.2) is 70.7 Å². The summed E-state index contributed by atoms with van der Waals surface area (Å²) in [5.74, 6) is 0.0234. The van der Waals surface area contributed by atoms with Crippen LogP contribution in [0.1, 0.15) is 27.0 Å². The van der Waals surface area contributed by atoms with Crippen LogP contribution in [-0.2, 0) is 6.42 Å². The highest BCUT2D eigenvalue weighted by molar-refractivity contribution is 7.99. The predicted octanol–water partition coefficient (Wildman–Crippen LogP) is 5.05. The molecule has 0 bridgehead atoms. The summed E-state index contributed by atoms with van der Waals surface area (Å²) in [6.07, 6.45) is 2.66. The molecule has 1 aliphatic heterocycles.